The van der Waals surface area contributed by atoms with Crippen molar-refractivity contribution in [3.63, 3.8) is 0 Å². The Hall–Kier alpha value is -2.36. The quantitative estimate of drug-likeness (QED) is 0.566. The molecule has 0 amide bonds. The number of hydrogen-bond donors (Lipinski definition) is 0. The van der Waals surface area contributed by atoms with Crippen LogP contribution in [0.1, 0.15) is 35.6 Å². The van der Waals surface area contributed by atoms with Crippen molar-refractivity contribution < 1.29 is 8.78 Å². The summed E-state index contributed by atoms with van der Waals surface area (Å²) in [6.07, 6.45) is 4.13. The Morgan fingerprint density at radius 3 is 2.14 bits per heavy atom. The molecular weight excluding hydrogens is 282 g/mol. The van der Waals surface area contributed by atoms with Crippen LogP contribution in [0.25, 0.3) is 0 Å². The van der Waals surface area contributed by atoms with Crippen molar-refractivity contribution >= 4 is 12.4 Å². The zero-order valence-electron chi connectivity index (χ0n) is 12.7. The molecule has 0 radical (unpaired) electrons. The molecule has 0 atom stereocenters. The highest BCUT2D eigenvalue weighted by Crippen LogP contribution is 2.15. The van der Waals surface area contributed by atoms with Crippen molar-refractivity contribution in [2.45, 2.75) is 26.7 Å². The molecule has 0 fully saturated rings. The number of hydrogen-bond acceptors (Lipinski definition) is 2. The fraction of sp³-hybridized carbons (Fsp3) is 0.222. The van der Waals surface area contributed by atoms with Crippen LogP contribution in [0, 0.1) is 18.6 Å². The van der Waals surface area contributed by atoms with E-state index in [1.807, 2.05) is 38.1 Å². The second kappa shape index (κ2) is 7.59. The summed E-state index contributed by atoms with van der Waals surface area (Å²) in [5, 5.41) is 7.54. The molecule has 0 saturated heterocycles. The number of halogens is 2. The summed E-state index contributed by atoms with van der Waals surface area (Å²) in [5.41, 5.74) is 2.51. The summed E-state index contributed by atoms with van der Waals surface area (Å²) in [6.45, 7) is 3.96. The van der Waals surface area contributed by atoms with Crippen molar-refractivity contribution in [2.75, 3.05) is 0 Å². The van der Waals surface area contributed by atoms with Gasteiger partial charge in [-0.15, -0.1) is 0 Å². The van der Waals surface area contributed by atoms with E-state index >= 15 is 0 Å². The van der Waals surface area contributed by atoms with Gasteiger partial charge in [-0.2, -0.15) is 10.2 Å². The van der Waals surface area contributed by atoms with Gasteiger partial charge in [-0.1, -0.05) is 43.2 Å². The lowest BCUT2D eigenvalue weighted by atomic mass is 10.1. The molecule has 0 aliphatic rings. The normalized spacial score (nSPS) is 11.6. The summed E-state index contributed by atoms with van der Waals surface area (Å²) in [7, 11) is 0. The molecule has 0 spiro atoms. The van der Waals surface area contributed by atoms with Gasteiger partial charge in [0, 0.05) is 0 Å². The molecule has 2 aromatic carbocycles. The molecule has 0 saturated carbocycles. The summed E-state index contributed by atoms with van der Waals surface area (Å²) >= 11 is 0. The van der Waals surface area contributed by atoms with Crippen LogP contribution in [-0.2, 0) is 6.42 Å². The van der Waals surface area contributed by atoms with Crippen LogP contribution in [0.5, 0.6) is 0 Å². The van der Waals surface area contributed by atoms with E-state index in [-0.39, 0.29) is 5.56 Å². The van der Waals surface area contributed by atoms with Gasteiger partial charge in [0.15, 0.2) is 0 Å². The Bertz CT molecular complexity index is 666. The molecule has 114 valence electrons. The lowest BCUT2D eigenvalue weighted by Gasteiger charge is -2.03. The summed E-state index contributed by atoms with van der Waals surface area (Å²) in [5.74, 6) is -1.23. The number of aryl methyl sites for hydroxylation is 2. The minimum atomic E-state index is -0.613. The van der Waals surface area contributed by atoms with Gasteiger partial charge < -0.3 is 0 Å². The highest BCUT2D eigenvalue weighted by atomic mass is 19.1. The molecule has 0 aliphatic carbocycles. The Morgan fingerprint density at radius 1 is 0.955 bits per heavy atom. The zero-order chi connectivity index (χ0) is 15.9. The molecular formula is C18H18F2N2. The SMILES string of the molecule is CCCc1cc(F)c(C=NN=Cc2ccc(C)cc2)c(F)c1. The largest absolute Gasteiger partial charge is 0.206 e. The molecule has 4 heteroatoms. The molecule has 0 aromatic heterocycles. The van der Waals surface area contributed by atoms with Crippen LogP contribution in [0.3, 0.4) is 0 Å². The maximum atomic E-state index is 13.8. The third-order valence-corrected chi connectivity index (χ3v) is 3.22. The van der Waals surface area contributed by atoms with E-state index in [1.165, 1.54) is 18.3 Å². The average Bonchev–Trinajstić information content (AvgIpc) is 2.48. The maximum absolute atomic E-state index is 13.8. The van der Waals surface area contributed by atoms with E-state index in [4.69, 9.17) is 0 Å². The van der Waals surface area contributed by atoms with E-state index in [0.29, 0.717) is 12.0 Å². The average molecular weight is 300 g/mol. The van der Waals surface area contributed by atoms with E-state index in [2.05, 4.69) is 10.2 Å². The lowest BCUT2D eigenvalue weighted by molar-refractivity contribution is 0.576. The van der Waals surface area contributed by atoms with Gasteiger partial charge in [-0.25, -0.2) is 8.78 Å². The second-order valence-corrected chi connectivity index (χ2v) is 5.12. The second-order valence-electron chi connectivity index (χ2n) is 5.12. The summed E-state index contributed by atoms with van der Waals surface area (Å²) < 4.78 is 27.7. The first-order valence-electron chi connectivity index (χ1n) is 7.21. The van der Waals surface area contributed by atoms with Crippen molar-refractivity contribution in [3.05, 3.63) is 70.3 Å². The Kier molecular flexibility index (Phi) is 5.53. The van der Waals surface area contributed by atoms with Gasteiger partial charge in [0.25, 0.3) is 0 Å². The van der Waals surface area contributed by atoms with Gasteiger partial charge in [-0.05, 0) is 36.6 Å². The topological polar surface area (TPSA) is 24.7 Å². The molecule has 0 N–H and O–H groups in total. The predicted molar refractivity (Wildman–Crippen MR) is 86.7 cm³/mol. The first-order valence-corrected chi connectivity index (χ1v) is 7.21. The van der Waals surface area contributed by atoms with E-state index in [0.717, 1.165) is 23.8 Å². The zero-order valence-corrected chi connectivity index (χ0v) is 12.7. The molecule has 0 unspecified atom stereocenters. The van der Waals surface area contributed by atoms with E-state index in [1.54, 1.807) is 0 Å². The van der Waals surface area contributed by atoms with Crippen molar-refractivity contribution in [1.29, 1.82) is 0 Å². The van der Waals surface area contributed by atoms with Crippen molar-refractivity contribution in [3.8, 4) is 0 Å². The fourth-order valence-electron chi connectivity index (χ4n) is 2.04. The standard InChI is InChI=1S/C18H18F2N2/c1-3-4-15-9-17(19)16(18(20)10-15)12-22-21-11-14-7-5-13(2)6-8-14/h5-12H,3-4H2,1-2H3. The Balaban J connectivity index is 2.11. The highest BCUT2D eigenvalue weighted by Gasteiger charge is 2.08. The van der Waals surface area contributed by atoms with Crippen molar-refractivity contribution in [1.82, 2.24) is 0 Å². The van der Waals surface area contributed by atoms with E-state index < -0.39 is 11.6 Å². The lowest BCUT2D eigenvalue weighted by Crippen LogP contribution is -1.97. The van der Waals surface area contributed by atoms with E-state index in [9.17, 15) is 8.78 Å². The molecule has 22 heavy (non-hydrogen) atoms. The first-order chi connectivity index (χ1) is 10.6. The number of benzene rings is 2. The summed E-state index contributed by atoms with van der Waals surface area (Å²) in [4.78, 5) is 0. The van der Waals surface area contributed by atoms with Gasteiger partial charge in [0.2, 0.25) is 0 Å². The van der Waals surface area contributed by atoms with Gasteiger partial charge in [0.05, 0.1) is 18.0 Å². The Labute approximate surface area is 129 Å². The molecule has 0 bridgehead atoms. The van der Waals surface area contributed by atoms with Crippen LogP contribution >= 0.6 is 0 Å². The van der Waals surface area contributed by atoms with Crippen LogP contribution in [0.2, 0.25) is 0 Å². The smallest absolute Gasteiger partial charge is 0.135 e. The highest BCUT2D eigenvalue weighted by molar-refractivity contribution is 5.83. The number of nitrogens with zero attached hydrogens (tertiary/aromatic N) is 2. The minimum absolute atomic E-state index is 0.166. The fourth-order valence-corrected chi connectivity index (χ4v) is 2.04. The van der Waals surface area contributed by atoms with Crippen LogP contribution < -0.4 is 0 Å². The molecule has 0 heterocycles. The first kappa shape index (κ1) is 16.0. The third-order valence-electron chi connectivity index (χ3n) is 3.22. The predicted octanol–water partition coefficient (Wildman–Crippen LogP) is 4.68. The van der Waals surface area contributed by atoms with Crippen LogP contribution in [0.15, 0.2) is 46.6 Å². The molecule has 2 aromatic rings. The van der Waals surface area contributed by atoms with Gasteiger partial charge in [0.1, 0.15) is 11.6 Å². The van der Waals surface area contributed by atoms with Crippen LogP contribution in [-0.4, -0.2) is 12.4 Å². The molecule has 0 aliphatic heterocycles. The third kappa shape index (κ3) is 4.32. The van der Waals surface area contributed by atoms with Gasteiger partial charge in [-0.3, -0.25) is 0 Å². The number of rotatable bonds is 5. The molecule has 2 rings (SSSR count). The maximum Gasteiger partial charge on any atom is 0.135 e. The summed E-state index contributed by atoms with van der Waals surface area (Å²) in [6, 6.07) is 10.4. The Morgan fingerprint density at radius 2 is 1.55 bits per heavy atom. The van der Waals surface area contributed by atoms with Gasteiger partial charge >= 0.3 is 0 Å². The van der Waals surface area contributed by atoms with Crippen LogP contribution in [0.4, 0.5) is 8.78 Å². The monoisotopic (exact) mass is 300 g/mol. The molecule has 2 nitrogen and oxygen atoms in total. The van der Waals surface area contributed by atoms with Crippen molar-refractivity contribution in [2.24, 2.45) is 10.2 Å². The minimum Gasteiger partial charge on any atom is -0.206 e.